The highest BCUT2D eigenvalue weighted by Crippen LogP contribution is 2.38. The van der Waals surface area contributed by atoms with E-state index in [1.807, 2.05) is 33.3 Å². The fraction of sp³-hybridized carbons (Fsp3) is 0.914. The van der Waals surface area contributed by atoms with Crippen molar-refractivity contribution in [3.8, 4) is 0 Å². The third kappa shape index (κ3) is 61.1. The molecule has 0 fully saturated rings. The molecule has 0 rings (SSSR count). The van der Waals surface area contributed by atoms with E-state index in [0.717, 1.165) is 57.8 Å². The summed E-state index contributed by atoms with van der Waals surface area (Å²) < 4.78 is 30.4. The zero-order chi connectivity index (χ0) is 58.6. The number of quaternary nitrogens is 1. The first kappa shape index (κ1) is 78.5. The maximum Gasteiger partial charge on any atom is 0.306 e. The van der Waals surface area contributed by atoms with Crippen molar-refractivity contribution < 1.29 is 37.3 Å². The van der Waals surface area contributed by atoms with Crippen LogP contribution in [0.25, 0.3) is 0 Å². The average Bonchev–Trinajstić information content (AvgIpc) is 3.42. The van der Waals surface area contributed by atoms with Crippen molar-refractivity contribution in [2.75, 3.05) is 40.9 Å². The number of nitrogens with zero attached hydrogens (tertiary/aromatic N) is 1. The van der Waals surface area contributed by atoms with Crippen LogP contribution in [0.3, 0.4) is 0 Å². The highest BCUT2D eigenvalue weighted by molar-refractivity contribution is 7.45. The Morgan fingerprint density at radius 3 is 1.06 bits per heavy atom. The van der Waals surface area contributed by atoms with Gasteiger partial charge in [0, 0.05) is 12.8 Å². The summed E-state index contributed by atoms with van der Waals surface area (Å²) in [7, 11) is 1.21. The minimum Gasteiger partial charge on any atom is -0.756 e. The molecule has 0 saturated carbocycles. The van der Waals surface area contributed by atoms with Crippen LogP contribution in [0.15, 0.2) is 24.3 Å². The number of esters is 1. The Bertz CT molecular complexity index is 1420. The zero-order valence-electron chi connectivity index (χ0n) is 54.3. The zero-order valence-corrected chi connectivity index (χ0v) is 55.2. The van der Waals surface area contributed by atoms with Crippen LogP contribution in [-0.2, 0) is 27.9 Å². The minimum absolute atomic E-state index is 0.0177. The molecule has 0 aliphatic carbocycles. The number of phosphoric ester groups is 1. The second-order valence-corrected chi connectivity index (χ2v) is 26.8. The molecule has 0 aliphatic rings. The quantitative estimate of drug-likeness (QED) is 0.0212. The van der Waals surface area contributed by atoms with Gasteiger partial charge in [-0.15, -0.1) is 0 Å². The summed E-state index contributed by atoms with van der Waals surface area (Å²) in [6, 6.07) is -0.882. The van der Waals surface area contributed by atoms with Crippen molar-refractivity contribution in [3.63, 3.8) is 0 Å². The number of hydrogen-bond acceptors (Lipinski definition) is 7. The van der Waals surface area contributed by atoms with Crippen molar-refractivity contribution in [1.29, 1.82) is 0 Å². The summed E-state index contributed by atoms with van der Waals surface area (Å²) in [5.41, 5.74) is 0. The monoisotopic (exact) mass is 1150 g/mol. The normalized spacial score (nSPS) is 13.6. The molecule has 0 radical (unpaired) electrons. The van der Waals surface area contributed by atoms with Crippen LogP contribution in [-0.4, -0.2) is 69.4 Å². The summed E-state index contributed by atoms with van der Waals surface area (Å²) in [4.78, 5) is 40.1. The van der Waals surface area contributed by atoms with Gasteiger partial charge in [0.15, 0.2) is 0 Å². The van der Waals surface area contributed by atoms with Crippen LogP contribution in [0.1, 0.15) is 361 Å². The molecular weight excluding hydrogens is 1010 g/mol. The molecule has 0 heterocycles. The van der Waals surface area contributed by atoms with Gasteiger partial charge in [-0.1, -0.05) is 315 Å². The standard InChI is InChI=1S/C70H137N2O7P/c1-7-10-13-16-19-22-25-28-30-31-32-33-34-35-36-37-38-39-40-41-42-45-48-51-54-57-60-63-70(74)79-68(61-58-55-52-49-46-43-27-24-21-18-15-12-9-3)67(66-78-80(75,76)77-65-64-72(4,5)6)71-69(73)62-59-56-53-50-47-44-29-26-23-20-17-14-11-8-2/h28,30,58,61,67-68H,7-27,29,31-57,59-60,62-66H2,1-6H3,(H-,71,73,75,76)/b30-28+,61-58-. The van der Waals surface area contributed by atoms with E-state index in [4.69, 9.17) is 13.8 Å². The third-order valence-corrected chi connectivity index (χ3v) is 17.1. The Balaban J connectivity index is 4.98. The van der Waals surface area contributed by atoms with Crippen molar-refractivity contribution in [2.45, 2.75) is 373 Å². The molecule has 0 saturated heterocycles. The number of hydrogen-bond donors (Lipinski definition) is 1. The predicted octanol–water partition coefficient (Wildman–Crippen LogP) is 21.4. The first-order valence-corrected chi connectivity index (χ1v) is 36.6. The SMILES string of the molecule is CCCCCCCC/C=C/CCCCCCCCCCCCCCCCCCCC(=O)OC(/C=C\CCCCCCCCCCCCC)C(COP(=O)([O-])OCC[N+](C)(C)C)NC(=O)CCCCCCCCCCCCCCCC. The molecule has 0 spiro atoms. The summed E-state index contributed by atoms with van der Waals surface area (Å²) in [6.45, 7) is 6.90. The van der Waals surface area contributed by atoms with E-state index in [1.165, 1.54) is 270 Å². The molecule has 0 bridgehead atoms. The highest BCUT2D eigenvalue weighted by atomic mass is 31.2. The van der Waals surface area contributed by atoms with Gasteiger partial charge in [0.1, 0.15) is 19.3 Å². The van der Waals surface area contributed by atoms with E-state index in [2.05, 4.69) is 38.2 Å². The molecule has 3 unspecified atom stereocenters. The molecule has 1 amide bonds. The molecule has 3 atom stereocenters. The Hall–Kier alpha value is -1.51. The number of unbranched alkanes of at least 4 members (excludes halogenated alkanes) is 47. The molecule has 9 nitrogen and oxygen atoms in total. The van der Waals surface area contributed by atoms with Gasteiger partial charge >= 0.3 is 5.97 Å². The lowest BCUT2D eigenvalue weighted by molar-refractivity contribution is -0.870. The first-order valence-electron chi connectivity index (χ1n) is 35.1. The maximum absolute atomic E-state index is 13.5. The topological polar surface area (TPSA) is 114 Å². The molecule has 0 aliphatic heterocycles. The number of phosphoric acid groups is 1. The molecule has 80 heavy (non-hydrogen) atoms. The number of carbonyl (C=O) groups excluding carboxylic acids is 2. The molecule has 10 heteroatoms. The molecule has 1 N–H and O–H groups in total. The molecular formula is C70H137N2O7P. The summed E-state index contributed by atoms with van der Waals surface area (Å²) in [5, 5.41) is 3.04. The highest BCUT2D eigenvalue weighted by Gasteiger charge is 2.27. The second-order valence-electron chi connectivity index (χ2n) is 25.4. The van der Waals surface area contributed by atoms with Gasteiger partial charge < -0.3 is 28.5 Å². The van der Waals surface area contributed by atoms with Gasteiger partial charge in [0.05, 0.1) is 33.8 Å². The van der Waals surface area contributed by atoms with E-state index in [1.54, 1.807) is 0 Å². The lowest BCUT2D eigenvalue weighted by Gasteiger charge is -2.30. The average molecular weight is 1150 g/mol. The number of rotatable bonds is 65. The number of likely N-dealkylation sites (N-methyl/N-ethyl adjacent to an activating group) is 1. The van der Waals surface area contributed by atoms with E-state index in [9.17, 15) is 19.0 Å². The largest absolute Gasteiger partial charge is 0.756 e. The first-order chi connectivity index (χ1) is 38.9. The van der Waals surface area contributed by atoms with Crippen molar-refractivity contribution in [2.24, 2.45) is 0 Å². The molecule has 0 aromatic carbocycles. The lowest BCUT2D eigenvalue weighted by Crippen LogP contribution is -2.47. The Morgan fingerprint density at radius 1 is 0.425 bits per heavy atom. The minimum atomic E-state index is -4.69. The smallest absolute Gasteiger partial charge is 0.306 e. The molecule has 474 valence electrons. The van der Waals surface area contributed by atoms with Gasteiger partial charge in [-0.3, -0.25) is 14.2 Å². The third-order valence-electron chi connectivity index (χ3n) is 16.1. The van der Waals surface area contributed by atoms with Gasteiger partial charge in [-0.25, -0.2) is 0 Å². The van der Waals surface area contributed by atoms with Crippen LogP contribution in [0, 0.1) is 0 Å². The Labute approximate surface area is 498 Å². The van der Waals surface area contributed by atoms with Gasteiger partial charge in [0.2, 0.25) is 5.91 Å². The fourth-order valence-electron chi connectivity index (χ4n) is 10.7. The van der Waals surface area contributed by atoms with Crippen LogP contribution in [0.4, 0.5) is 0 Å². The lowest BCUT2D eigenvalue weighted by atomic mass is 10.0. The number of carbonyl (C=O) groups is 2. The van der Waals surface area contributed by atoms with Gasteiger partial charge in [0.25, 0.3) is 7.82 Å². The summed E-state index contributed by atoms with van der Waals surface area (Å²) in [6.07, 6.45) is 73.0. The number of ether oxygens (including phenoxy) is 1. The van der Waals surface area contributed by atoms with E-state index in [-0.39, 0.29) is 31.5 Å². The Kier molecular flexibility index (Phi) is 59.5. The molecule has 0 aromatic heterocycles. The van der Waals surface area contributed by atoms with Crippen LogP contribution in [0.2, 0.25) is 0 Å². The fourth-order valence-corrected chi connectivity index (χ4v) is 11.4. The molecule has 0 aromatic rings. The van der Waals surface area contributed by atoms with Crippen molar-refractivity contribution >= 4 is 19.7 Å². The van der Waals surface area contributed by atoms with Gasteiger partial charge in [-0.2, -0.15) is 0 Å². The predicted molar refractivity (Wildman–Crippen MR) is 344 cm³/mol. The van der Waals surface area contributed by atoms with Crippen molar-refractivity contribution in [1.82, 2.24) is 5.32 Å². The van der Waals surface area contributed by atoms with Crippen LogP contribution < -0.4 is 10.2 Å². The number of nitrogens with one attached hydrogen (secondary N) is 1. The van der Waals surface area contributed by atoms with Crippen LogP contribution >= 0.6 is 7.82 Å². The van der Waals surface area contributed by atoms with Crippen molar-refractivity contribution in [3.05, 3.63) is 24.3 Å². The number of allylic oxidation sites excluding steroid dienone is 3. The van der Waals surface area contributed by atoms with E-state index < -0.39 is 20.0 Å². The van der Waals surface area contributed by atoms with E-state index >= 15 is 0 Å². The van der Waals surface area contributed by atoms with Crippen LogP contribution in [0.5, 0.6) is 0 Å². The number of amides is 1. The van der Waals surface area contributed by atoms with E-state index in [0.29, 0.717) is 17.4 Å². The summed E-state index contributed by atoms with van der Waals surface area (Å²) in [5.74, 6) is -0.518. The maximum atomic E-state index is 13.5. The Morgan fingerprint density at radius 2 is 0.725 bits per heavy atom. The van der Waals surface area contributed by atoms with Gasteiger partial charge in [-0.05, 0) is 57.4 Å². The second kappa shape index (κ2) is 60.6. The summed E-state index contributed by atoms with van der Waals surface area (Å²) >= 11 is 0.